The van der Waals surface area contributed by atoms with Crippen molar-refractivity contribution in [3.8, 4) is 5.75 Å². The van der Waals surface area contributed by atoms with Crippen LogP contribution in [0.15, 0.2) is 29.9 Å². The molecule has 6 heteroatoms. The Balaban J connectivity index is 2.46. The van der Waals surface area contributed by atoms with Crippen LogP contribution >= 0.6 is 0 Å². The molecule has 0 radical (unpaired) electrons. The summed E-state index contributed by atoms with van der Waals surface area (Å²) in [6, 6.07) is 4.12. The normalized spacial score (nSPS) is 16.2. The quantitative estimate of drug-likeness (QED) is 0.651. The molecule has 1 fully saturated rings. The van der Waals surface area contributed by atoms with E-state index < -0.39 is 0 Å². The Bertz CT molecular complexity index is 689. The van der Waals surface area contributed by atoms with Crippen LogP contribution in [-0.4, -0.2) is 38.6 Å². The monoisotopic (exact) mass is 358 g/mol. The minimum Gasteiger partial charge on any atom is -0.489 e. The first-order valence-electron chi connectivity index (χ1n) is 8.96. The first-order chi connectivity index (χ1) is 12.5. The molecule has 1 aromatic carbocycles. The maximum Gasteiger partial charge on any atom is 0.131 e. The second-order valence-electron chi connectivity index (χ2n) is 6.60. The summed E-state index contributed by atoms with van der Waals surface area (Å²) in [5, 5.41) is 3.18. The van der Waals surface area contributed by atoms with E-state index in [9.17, 15) is 0 Å². The van der Waals surface area contributed by atoms with Gasteiger partial charge in [0.2, 0.25) is 0 Å². The molecule has 1 heterocycles. The zero-order chi connectivity index (χ0) is 19.1. The van der Waals surface area contributed by atoms with Crippen LogP contribution in [0.1, 0.15) is 37.8 Å². The van der Waals surface area contributed by atoms with Crippen molar-refractivity contribution in [1.82, 2.24) is 0 Å². The molecular weight excluding hydrogens is 328 g/mol. The van der Waals surface area contributed by atoms with Crippen molar-refractivity contribution in [3.05, 3.63) is 36.0 Å². The number of hydrogen-bond donors (Lipinski definition) is 3. The summed E-state index contributed by atoms with van der Waals surface area (Å²) in [7, 11) is 1.85. The van der Waals surface area contributed by atoms with E-state index in [-0.39, 0.29) is 12.1 Å². The molecule has 0 atom stereocenters. The Morgan fingerprint density at radius 3 is 2.62 bits per heavy atom. The summed E-state index contributed by atoms with van der Waals surface area (Å²) in [5.74, 6) is 0.698. The molecule has 2 rings (SSSR count). The summed E-state index contributed by atoms with van der Waals surface area (Å²) < 4.78 is 11.7. The van der Waals surface area contributed by atoms with Crippen molar-refractivity contribution < 1.29 is 9.47 Å². The van der Waals surface area contributed by atoms with E-state index in [1.165, 1.54) is 0 Å². The van der Waals surface area contributed by atoms with Crippen molar-refractivity contribution in [3.63, 3.8) is 0 Å². The summed E-state index contributed by atoms with van der Waals surface area (Å²) >= 11 is 0. The van der Waals surface area contributed by atoms with Crippen LogP contribution in [0.25, 0.3) is 11.3 Å². The lowest BCUT2D eigenvalue weighted by atomic mass is 10.0. The molecule has 1 aromatic rings. The van der Waals surface area contributed by atoms with Gasteiger partial charge in [0.1, 0.15) is 11.9 Å². The fourth-order valence-corrected chi connectivity index (χ4v) is 2.82. The van der Waals surface area contributed by atoms with Crippen LogP contribution in [-0.2, 0) is 4.74 Å². The molecule has 0 amide bonds. The van der Waals surface area contributed by atoms with E-state index >= 15 is 0 Å². The van der Waals surface area contributed by atoms with Crippen molar-refractivity contribution in [2.24, 2.45) is 16.5 Å². The Morgan fingerprint density at radius 2 is 2.08 bits per heavy atom. The highest BCUT2D eigenvalue weighted by Gasteiger charge is 2.20. The number of rotatable bonds is 7. The second kappa shape index (κ2) is 9.29. The number of ether oxygens (including phenoxy) is 2. The van der Waals surface area contributed by atoms with Crippen molar-refractivity contribution in [1.29, 1.82) is 0 Å². The minimum absolute atomic E-state index is 0.0939. The molecule has 0 saturated carbocycles. The maximum absolute atomic E-state index is 6.28. The Morgan fingerprint density at radius 1 is 1.38 bits per heavy atom. The SMILES string of the molecule is C=C(N)c1c(NC)cc(/C(C=NC(C)C)=C/N)cc1OC1CCOCC1. The van der Waals surface area contributed by atoms with Crippen LogP contribution < -0.4 is 21.5 Å². The Labute approximate surface area is 156 Å². The van der Waals surface area contributed by atoms with Gasteiger partial charge in [-0.15, -0.1) is 0 Å². The van der Waals surface area contributed by atoms with E-state index in [2.05, 4.69) is 16.9 Å². The van der Waals surface area contributed by atoms with Crippen LogP contribution in [0, 0.1) is 0 Å². The van der Waals surface area contributed by atoms with Crippen LogP contribution in [0.4, 0.5) is 5.69 Å². The molecule has 1 aliphatic rings. The van der Waals surface area contributed by atoms with Gasteiger partial charge in [-0.2, -0.15) is 0 Å². The van der Waals surface area contributed by atoms with Gasteiger partial charge in [0.25, 0.3) is 0 Å². The molecule has 26 heavy (non-hydrogen) atoms. The van der Waals surface area contributed by atoms with Crippen molar-refractivity contribution in [2.75, 3.05) is 25.6 Å². The van der Waals surface area contributed by atoms with Gasteiger partial charge in [-0.3, -0.25) is 4.99 Å². The number of allylic oxidation sites excluding steroid dienone is 1. The second-order valence-corrected chi connectivity index (χ2v) is 6.60. The minimum atomic E-state index is 0.0939. The zero-order valence-electron chi connectivity index (χ0n) is 15.9. The number of hydrogen-bond acceptors (Lipinski definition) is 6. The van der Waals surface area contributed by atoms with Gasteiger partial charge in [-0.05, 0) is 31.5 Å². The molecule has 6 nitrogen and oxygen atoms in total. The number of aliphatic imine (C=N–C) groups is 1. The topological polar surface area (TPSA) is 94.9 Å². The smallest absolute Gasteiger partial charge is 0.131 e. The maximum atomic E-state index is 6.28. The van der Waals surface area contributed by atoms with Gasteiger partial charge in [0.05, 0.1) is 18.8 Å². The van der Waals surface area contributed by atoms with Crippen molar-refractivity contribution in [2.45, 2.75) is 38.8 Å². The Kier molecular flexibility index (Phi) is 7.09. The van der Waals surface area contributed by atoms with Gasteiger partial charge in [-0.25, -0.2) is 0 Å². The molecule has 1 saturated heterocycles. The summed E-state index contributed by atoms with van der Waals surface area (Å²) in [5.41, 5.74) is 15.7. The number of benzene rings is 1. The lowest BCUT2D eigenvalue weighted by Gasteiger charge is -2.26. The number of nitrogens with two attached hydrogens (primary N) is 2. The Hall–Kier alpha value is -2.47. The average Bonchev–Trinajstić information content (AvgIpc) is 2.62. The number of nitrogens with one attached hydrogen (secondary N) is 1. The van der Waals surface area contributed by atoms with E-state index in [4.69, 9.17) is 20.9 Å². The molecular formula is C20H30N4O2. The van der Waals surface area contributed by atoms with Gasteiger partial charge >= 0.3 is 0 Å². The molecule has 0 aliphatic carbocycles. The first-order valence-corrected chi connectivity index (χ1v) is 8.96. The highest BCUT2D eigenvalue weighted by Crippen LogP contribution is 2.35. The van der Waals surface area contributed by atoms with E-state index in [0.717, 1.165) is 35.2 Å². The standard InChI is InChI=1S/C20H30N4O2/c1-13(2)24-12-16(11-21)15-9-18(23-4)20(14(3)22)19(10-15)26-17-5-7-25-8-6-17/h9-13,17,23H,3,5-8,21-22H2,1-2,4H3/b16-11+,24-12?. The van der Waals surface area contributed by atoms with Crippen LogP contribution in [0.2, 0.25) is 0 Å². The molecule has 0 unspecified atom stereocenters. The summed E-state index contributed by atoms with van der Waals surface area (Å²) in [6.45, 7) is 9.36. The molecule has 0 bridgehead atoms. The molecule has 142 valence electrons. The lowest BCUT2D eigenvalue weighted by molar-refractivity contribution is 0.0255. The third-order valence-corrected chi connectivity index (χ3v) is 4.18. The molecule has 5 N–H and O–H groups in total. The predicted molar refractivity (Wildman–Crippen MR) is 109 cm³/mol. The largest absolute Gasteiger partial charge is 0.489 e. The van der Waals surface area contributed by atoms with Crippen LogP contribution in [0.3, 0.4) is 0 Å². The summed E-state index contributed by atoms with van der Waals surface area (Å²) in [6.07, 6.45) is 5.13. The van der Waals surface area contributed by atoms with Gasteiger partial charge in [0, 0.05) is 55.3 Å². The summed E-state index contributed by atoms with van der Waals surface area (Å²) in [4.78, 5) is 4.44. The van der Waals surface area contributed by atoms with Gasteiger partial charge in [0.15, 0.2) is 0 Å². The predicted octanol–water partition coefficient (Wildman–Crippen LogP) is 2.99. The van der Waals surface area contributed by atoms with Crippen molar-refractivity contribution >= 4 is 23.2 Å². The number of anilines is 1. The fraction of sp³-hybridized carbons (Fsp3) is 0.450. The van der Waals surface area contributed by atoms with E-state index in [0.29, 0.717) is 24.7 Å². The van der Waals surface area contributed by atoms with E-state index in [1.54, 1.807) is 12.4 Å². The third-order valence-electron chi connectivity index (χ3n) is 4.18. The highest BCUT2D eigenvalue weighted by atomic mass is 16.5. The fourth-order valence-electron chi connectivity index (χ4n) is 2.82. The molecule has 0 aromatic heterocycles. The van der Waals surface area contributed by atoms with Gasteiger partial charge < -0.3 is 26.3 Å². The lowest BCUT2D eigenvalue weighted by Crippen LogP contribution is -2.26. The van der Waals surface area contributed by atoms with E-state index in [1.807, 2.05) is 33.0 Å². The van der Waals surface area contributed by atoms with Gasteiger partial charge in [-0.1, -0.05) is 6.58 Å². The van der Waals surface area contributed by atoms with Crippen LogP contribution in [0.5, 0.6) is 5.75 Å². The third kappa shape index (κ3) is 5.02. The first kappa shape index (κ1) is 19.8. The highest BCUT2D eigenvalue weighted by molar-refractivity contribution is 6.10. The average molecular weight is 358 g/mol. The number of nitrogens with zero attached hydrogens (tertiary/aromatic N) is 1. The zero-order valence-corrected chi connectivity index (χ0v) is 15.9. The molecule has 0 spiro atoms. The molecule has 1 aliphatic heterocycles.